The molecule has 206 valence electrons. The maximum absolute atomic E-state index is 14.3. The summed E-state index contributed by atoms with van der Waals surface area (Å²) in [6.07, 6.45) is 2.53. The molecule has 7 nitrogen and oxygen atoms in total. The van der Waals surface area contributed by atoms with Gasteiger partial charge in [-0.1, -0.05) is 32.1 Å². The molecule has 2 aliphatic rings. The first-order valence-electron chi connectivity index (χ1n) is 11.9. The number of fused-ring (bicyclic) bond motifs is 3. The summed E-state index contributed by atoms with van der Waals surface area (Å²) >= 11 is 0. The van der Waals surface area contributed by atoms with Crippen molar-refractivity contribution in [3.8, 4) is 22.8 Å². The molecule has 0 spiro atoms. The number of halogens is 3. The molecule has 0 bridgehead atoms. The first-order valence-corrected chi connectivity index (χ1v) is 11.9. The van der Waals surface area contributed by atoms with Gasteiger partial charge >= 0.3 is 12.1 Å². The van der Waals surface area contributed by atoms with Crippen LogP contribution in [-0.4, -0.2) is 42.9 Å². The number of aromatic nitrogens is 1. The number of carbonyl (C=O) groups is 2. The van der Waals surface area contributed by atoms with Gasteiger partial charge in [0.25, 0.3) is 5.97 Å². The lowest BCUT2D eigenvalue weighted by molar-refractivity contribution is -0.143. The Bertz CT molecular complexity index is 1260. The summed E-state index contributed by atoms with van der Waals surface area (Å²) in [7, 11) is 4.26. The Morgan fingerprint density at radius 2 is 1.61 bits per heavy atom. The third-order valence-electron chi connectivity index (χ3n) is 5.69. The van der Waals surface area contributed by atoms with Gasteiger partial charge in [0, 0.05) is 35.9 Å². The number of benzene rings is 1. The monoisotopic (exact) mass is 535 g/mol. The first-order chi connectivity index (χ1) is 18.0. The number of carboxylic acid groups (broad SMARTS) is 1. The van der Waals surface area contributed by atoms with Crippen LogP contribution in [0.5, 0.6) is 11.5 Å². The molecule has 0 saturated heterocycles. The van der Waals surface area contributed by atoms with Crippen molar-refractivity contribution < 1.29 is 42.1 Å². The van der Waals surface area contributed by atoms with Gasteiger partial charge in [-0.25, -0.2) is 4.79 Å². The molecular formula is C28H32F3NO6. The number of carboxylic acids is 1. The van der Waals surface area contributed by atoms with Crippen molar-refractivity contribution >= 4 is 17.5 Å². The molecule has 10 heteroatoms. The fraction of sp³-hybridized carbons (Fsp3) is 0.357. The van der Waals surface area contributed by atoms with Gasteiger partial charge in [0.15, 0.2) is 11.5 Å². The molecule has 1 aliphatic carbocycles. The van der Waals surface area contributed by atoms with Crippen LogP contribution in [0.2, 0.25) is 0 Å². The third-order valence-corrected chi connectivity index (χ3v) is 5.69. The van der Waals surface area contributed by atoms with E-state index in [0.717, 1.165) is 12.5 Å². The summed E-state index contributed by atoms with van der Waals surface area (Å²) in [6, 6.07) is 5.05. The van der Waals surface area contributed by atoms with Gasteiger partial charge in [-0.3, -0.25) is 4.79 Å². The van der Waals surface area contributed by atoms with E-state index in [2.05, 4.69) is 0 Å². The van der Waals surface area contributed by atoms with Crippen LogP contribution in [0.4, 0.5) is 13.2 Å². The molecule has 1 aliphatic heterocycles. The fourth-order valence-corrected chi connectivity index (χ4v) is 4.23. The molecule has 2 aromatic rings. The van der Waals surface area contributed by atoms with Crippen molar-refractivity contribution in [2.24, 2.45) is 0 Å². The summed E-state index contributed by atoms with van der Waals surface area (Å²) in [5, 5.41) is 7.42. The molecule has 0 amide bonds. The Labute approximate surface area is 219 Å². The van der Waals surface area contributed by atoms with Gasteiger partial charge in [-0.15, -0.1) is 0 Å². The van der Waals surface area contributed by atoms with Crippen LogP contribution in [-0.2, 0) is 33.5 Å². The van der Waals surface area contributed by atoms with E-state index < -0.39 is 23.8 Å². The zero-order valence-corrected chi connectivity index (χ0v) is 22.2. The Balaban J connectivity index is 0.000000773. The first kappa shape index (κ1) is 30.3. The zero-order valence-electron chi connectivity index (χ0n) is 22.2. The van der Waals surface area contributed by atoms with Crippen molar-refractivity contribution in [1.82, 2.24) is 4.57 Å². The van der Waals surface area contributed by atoms with E-state index in [1.165, 1.54) is 38.0 Å². The number of rotatable bonds is 4. The lowest BCUT2D eigenvalue weighted by atomic mass is 9.97. The standard InChI is InChI=1S/C24H22F3NO4.C2H4O2.C2H6/c1-30-20-11-15-8-9-28-19(17(15)13-21(20)31-2)12-18(22(28)24(25,26)27)14-6-4-5-7-16(10-14)23(29)32-3;1-2(3)4;1-2/h4-6,10-13H,7-9H2,1-3H3;1H3,(H,3,4);1-2H3. The molecule has 4 rings (SSSR count). The minimum absolute atomic E-state index is 0.0167. The van der Waals surface area contributed by atoms with Crippen molar-refractivity contribution in [3.05, 3.63) is 64.9 Å². The third kappa shape index (κ3) is 6.67. The average Bonchev–Trinajstić information content (AvgIpc) is 3.13. The van der Waals surface area contributed by atoms with Crippen LogP contribution in [0.3, 0.4) is 0 Å². The Morgan fingerprint density at radius 1 is 1.00 bits per heavy atom. The second kappa shape index (κ2) is 13.0. The van der Waals surface area contributed by atoms with Gasteiger partial charge in [-0.05, 0) is 48.3 Å². The highest BCUT2D eigenvalue weighted by Crippen LogP contribution is 2.45. The molecule has 0 unspecified atom stereocenters. The number of allylic oxidation sites excluding steroid dienone is 5. The van der Waals surface area contributed by atoms with Crippen molar-refractivity contribution in [2.75, 3.05) is 21.3 Å². The molecule has 1 N–H and O–H groups in total. The van der Waals surface area contributed by atoms with Gasteiger partial charge in [0.1, 0.15) is 5.69 Å². The van der Waals surface area contributed by atoms with Crippen molar-refractivity contribution in [1.29, 1.82) is 0 Å². The molecular weight excluding hydrogens is 503 g/mol. The minimum atomic E-state index is -4.59. The number of carbonyl (C=O) groups excluding carboxylic acids is 1. The van der Waals surface area contributed by atoms with Crippen LogP contribution in [0.15, 0.2) is 48.1 Å². The number of aryl methyl sites for hydroxylation is 1. The maximum atomic E-state index is 14.3. The second-order valence-corrected chi connectivity index (χ2v) is 7.99. The molecule has 0 radical (unpaired) electrons. The van der Waals surface area contributed by atoms with Gasteiger partial charge in [0.05, 0.1) is 21.3 Å². The molecule has 0 fully saturated rings. The van der Waals surface area contributed by atoms with Gasteiger partial charge < -0.3 is 23.9 Å². The number of aliphatic carboxylic acids is 1. The number of alkyl halides is 3. The number of hydrogen-bond donors (Lipinski definition) is 1. The van der Waals surface area contributed by atoms with E-state index >= 15 is 0 Å². The van der Waals surface area contributed by atoms with Crippen molar-refractivity contribution in [2.45, 2.75) is 46.3 Å². The second-order valence-electron chi connectivity index (χ2n) is 7.99. The molecule has 1 aromatic heterocycles. The topological polar surface area (TPSA) is 87.0 Å². The number of methoxy groups -OCH3 is 3. The van der Waals surface area contributed by atoms with Crippen LogP contribution in [0, 0.1) is 0 Å². The molecule has 38 heavy (non-hydrogen) atoms. The summed E-state index contributed by atoms with van der Waals surface area (Å²) in [4.78, 5) is 21.1. The number of ether oxygens (including phenoxy) is 3. The summed E-state index contributed by atoms with van der Waals surface area (Å²) in [5.41, 5.74) is 1.85. The molecule has 1 aromatic carbocycles. The van der Waals surface area contributed by atoms with Crippen molar-refractivity contribution in [3.63, 3.8) is 0 Å². The van der Waals surface area contributed by atoms with E-state index in [4.69, 9.17) is 24.1 Å². The van der Waals surface area contributed by atoms with E-state index in [9.17, 15) is 18.0 Å². The molecule has 0 saturated carbocycles. The number of nitrogens with zero attached hydrogens (tertiary/aromatic N) is 1. The zero-order chi connectivity index (χ0) is 28.6. The minimum Gasteiger partial charge on any atom is -0.493 e. The largest absolute Gasteiger partial charge is 0.493 e. The highest BCUT2D eigenvalue weighted by Gasteiger charge is 2.40. The maximum Gasteiger partial charge on any atom is 0.432 e. The predicted octanol–water partition coefficient (Wildman–Crippen LogP) is 6.31. The van der Waals surface area contributed by atoms with Crippen LogP contribution < -0.4 is 9.47 Å². The van der Waals surface area contributed by atoms with E-state index in [1.54, 1.807) is 30.4 Å². The van der Waals surface area contributed by atoms with Gasteiger partial charge in [-0.2, -0.15) is 13.2 Å². The lowest BCUT2D eigenvalue weighted by Crippen LogP contribution is -2.20. The van der Waals surface area contributed by atoms with E-state index in [1.807, 2.05) is 13.8 Å². The van der Waals surface area contributed by atoms with Crippen LogP contribution in [0.1, 0.15) is 44.0 Å². The Kier molecular flexibility index (Phi) is 10.4. The summed E-state index contributed by atoms with van der Waals surface area (Å²) in [5.74, 6) is -0.424. The van der Waals surface area contributed by atoms with Crippen LogP contribution >= 0.6 is 0 Å². The highest BCUT2D eigenvalue weighted by molar-refractivity contribution is 5.94. The summed E-state index contributed by atoms with van der Waals surface area (Å²) < 4.78 is 59.6. The number of esters is 1. The molecule has 0 atom stereocenters. The SMILES string of the molecule is CC.CC(=O)O.COC(=O)C1=CC(c2cc3n(c2C(F)(F)F)CCc2cc(OC)c(OC)cc2-3)=CC=CC1. The highest BCUT2D eigenvalue weighted by atomic mass is 19.4. The van der Waals surface area contributed by atoms with E-state index in [-0.39, 0.29) is 24.1 Å². The normalized spacial score (nSPS) is 13.6. The van der Waals surface area contributed by atoms with Crippen LogP contribution in [0.25, 0.3) is 16.8 Å². The summed E-state index contributed by atoms with van der Waals surface area (Å²) in [6.45, 7) is 5.25. The Hall–Kier alpha value is -3.95. The average molecular weight is 536 g/mol. The Morgan fingerprint density at radius 3 is 2.16 bits per heavy atom. The van der Waals surface area contributed by atoms with E-state index in [0.29, 0.717) is 34.8 Å². The fourth-order valence-electron chi connectivity index (χ4n) is 4.23. The molecule has 2 heterocycles. The predicted molar refractivity (Wildman–Crippen MR) is 138 cm³/mol. The van der Waals surface area contributed by atoms with Gasteiger partial charge in [0.2, 0.25) is 0 Å². The quantitative estimate of drug-likeness (QED) is 0.462. The number of hydrogen-bond acceptors (Lipinski definition) is 5. The lowest BCUT2D eigenvalue weighted by Gasteiger charge is -2.24. The smallest absolute Gasteiger partial charge is 0.432 e.